The number of alkyl halides is 3. The highest BCUT2D eigenvalue weighted by molar-refractivity contribution is 7.92. The second-order valence-electron chi connectivity index (χ2n) is 5.07. The molecule has 0 radical (unpaired) electrons. The molecule has 1 saturated carbocycles. The van der Waals surface area contributed by atoms with Gasteiger partial charge in [0.15, 0.2) is 0 Å². The molecule has 0 heterocycles. The average Bonchev–Trinajstić information content (AvgIpc) is 3.21. The van der Waals surface area contributed by atoms with Crippen LogP contribution in [0.25, 0.3) is 0 Å². The Balaban J connectivity index is 2.19. The van der Waals surface area contributed by atoms with Crippen molar-refractivity contribution in [1.29, 1.82) is 0 Å². The van der Waals surface area contributed by atoms with Gasteiger partial charge in [0.1, 0.15) is 0 Å². The first-order valence-electron chi connectivity index (χ1n) is 6.58. The molecule has 1 fully saturated rings. The number of likely N-dealkylation sites (N-methyl/N-ethyl adjacent to an activating group) is 1. The lowest BCUT2D eigenvalue weighted by molar-refractivity contribution is -0.0435. The maximum atomic E-state index is 12.7. The van der Waals surface area contributed by atoms with Gasteiger partial charge in [-0.05, 0) is 25.0 Å². The van der Waals surface area contributed by atoms with Crippen LogP contribution < -0.4 is 10.2 Å². The lowest BCUT2D eigenvalue weighted by Gasteiger charge is -2.23. The van der Waals surface area contributed by atoms with Gasteiger partial charge in [-0.1, -0.05) is 12.1 Å². The third-order valence-electron chi connectivity index (χ3n) is 3.33. The summed E-state index contributed by atoms with van der Waals surface area (Å²) in [7, 11) is -3.76. The van der Waals surface area contributed by atoms with Crippen molar-refractivity contribution in [3.63, 3.8) is 0 Å². The van der Waals surface area contributed by atoms with E-state index in [1.807, 2.05) is 0 Å². The molecule has 1 aromatic rings. The summed E-state index contributed by atoms with van der Waals surface area (Å²) in [6.45, 7) is 1.03. The number of rotatable bonds is 6. The topological polar surface area (TPSA) is 49.4 Å². The Morgan fingerprint density at radius 1 is 1.29 bits per heavy atom. The first-order chi connectivity index (χ1) is 9.73. The Kier molecular flexibility index (Phi) is 4.48. The van der Waals surface area contributed by atoms with E-state index >= 15 is 0 Å². The number of nitrogens with zero attached hydrogens (tertiary/aromatic N) is 1. The minimum atomic E-state index is -5.34. The van der Waals surface area contributed by atoms with E-state index < -0.39 is 20.2 Å². The van der Waals surface area contributed by atoms with Gasteiger partial charge in [0.25, 0.3) is 9.84 Å². The first kappa shape index (κ1) is 16.1. The van der Waals surface area contributed by atoms with Crippen molar-refractivity contribution >= 4 is 15.5 Å². The fourth-order valence-corrected chi connectivity index (χ4v) is 2.98. The number of anilines is 1. The van der Waals surface area contributed by atoms with Crippen molar-refractivity contribution in [2.75, 3.05) is 25.0 Å². The van der Waals surface area contributed by atoms with Crippen LogP contribution in [-0.2, 0) is 9.84 Å². The third-order valence-corrected chi connectivity index (χ3v) is 4.86. The summed E-state index contributed by atoms with van der Waals surface area (Å²) in [5.41, 5.74) is -5.23. The standard InChI is InChI=1S/C13H17F3N2O2S/c1-18(9-8-17-10-6-7-10)11-4-2-3-5-12(11)21(19,20)13(14,15)16/h2-5,10,17H,6-9H2,1H3. The summed E-state index contributed by atoms with van der Waals surface area (Å²) in [5.74, 6) is 0. The van der Waals surface area contributed by atoms with Crippen LogP contribution in [0.1, 0.15) is 12.8 Å². The molecule has 0 atom stereocenters. The molecule has 2 rings (SSSR count). The molecule has 0 saturated heterocycles. The predicted molar refractivity (Wildman–Crippen MR) is 74.0 cm³/mol. The van der Waals surface area contributed by atoms with Gasteiger partial charge in [-0.15, -0.1) is 0 Å². The quantitative estimate of drug-likeness (QED) is 0.872. The SMILES string of the molecule is CN(CCNC1CC1)c1ccccc1S(=O)(=O)C(F)(F)F. The highest BCUT2D eigenvalue weighted by atomic mass is 32.2. The molecule has 8 heteroatoms. The number of halogens is 3. The number of sulfone groups is 1. The van der Waals surface area contributed by atoms with E-state index in [4.69, 9.17) is 0 Å². The molecule has 0 amide bonds. The molecule has 1 aliphatic carbocycles. The van der Waals surface area contributed by atoms with E-state index in [1.165, 1.54) is 23.1 Å². The Hall–Kier alpha value is -1.28. The van der Waals surface area contributed by atoms with Crippen molar-refractivity contribution in [2.45, 2.75) is 29.3 Å². The van der Waals surface area contributed by atoms with Crippen LogP contribution in [0.5, 0.6) is 0 Å². The lowest BCUT2D eigenvalue weighted by Crippen LogP contribution is -2.32. The molecule has 1 aromatic carbocycles. The van der Waals surface area contributed by atoms with E-state index in [-0.39, 0.29) is 5.69 Å². The fourth-order valence-electron chi connectivity index (χ4n) is 1.97. The van der Waals surface area contributed by atoms with Crippen molar-refractivity contribution in [2.24, 2.45) is 0 Å². The molecule has 0 spiro atoms. The van der Waals surface area contributed by atoms with Crippen molar-refractivity contribution in [3.8, 4) is 0 Å². The molecule has 0 aliphatic heterocycles. The normalized spacial score (nSPS) is 16.0. The van der Waals surface area contributed by atoms with Gasteiger partial charge in [-0.25, -0.2) is 8.42 Å². The van der Waals surface area contributed by atoms with Gasteiger partial charge in [0.05, 0.1) is 10.6 Å². The van der Waals surface area contributed by atoms with Crippen LogP contribution >= 0.6 is 0 Å². The highest BCUT2D eigenvalue weighted by Gasteiger charge is 2.48. The van der Waals surface area contributed by atoms with Gasteiger partial charge in [0.2, 0.25) is 0 Å². The molecule has 1 N–H and O–H groups in total. The van der Waals surface area contributed by atoms with Crippen LogP contribution in [0.3, 0.4) is 0 Å². The number of para-hydroxylation sites is 1. The second kappa shape index (κ2) is 5.84. The van der Waals surface area contributed by atoms with Crippen LogP contribution in [0.2, 0.25) is 0 Å². The molecule has 21 heavy (non-hydrogen) atoms. The number of nitrogens with one attached hydrogen (secondary N) is 1. The Morgan fingerprint density at radius 2 is 1.90 bits per heavy atom. The van der Waals surface area contributed by atoms with E-state index in [1.54, 1.807) is 7.05 Å². The van der Waals surface area contributed by atoms with E-state index in [0.717, 1.165) is 18.9 Å². The summed E-state index contributed by atoms with van der Waals surface area (Å²) in [6.07, 6.45) is 2.23. The van der Waals surface area contributed by atoms with Gasteiger partial charge >= 0.3 is 5.51 Å². The molecular weight excluding hydrogens is 305 g/mol. The first-order valence-corrected chi connectivity index (χ1v) is 8.06. The molecular formula is C13H17F3N2O2S. The molecule has 0 aromatic heterocycles. The molecule has 0 bridgehead atoms. The van der Waals surface area contributed by atoms with Gasteiger partial charge in [-0.3, -0.25) is 0 Å². The summed E-state index contributed by atoms with van der Waals surface area (Å²) in [4.78, 5) is 0.819. The largest absolute Gasteiger partial charge is 0.501 e. The zero-order valence-electron chi connectivity index (χ0n) is 11.5. The van der Waals surface area contributed by atoms with E-state index in [0.29, 0.717) is 19.1 Å². The Labute approximate surface area is 121 Å². The maximum absolute atomic E-state index is 12.7. The minimum Gasteiger partial charge on any atom is -0.372 e. The summed E-state index contributed by atoms with van der Waals surface area (Å²) in [6, 6.07) is 5.68. The van der Waals surface area contributed by atoms with Crippen LogP contribution in [0.4, 0.5) is 18.9 Å². The van der Waals surface area contributed by atoms with Crippen LogP contribution in [-0.4, -0.2) is 40.1 Å². The smallest absolute Gasteiger partial charge is 0.372 e. The summed E-state index contributed by atoms with van der Waals surface area (Å²) >= 11 is 0. The maximum Gasteiger partial charge on any atom is 0.501 e. The van der Waals surface area contributed by atoms with E-state index in [9.17, 15) is 21.6 Å². The van der Waals surface area contributed by atoms with Crippen molar-refractivity contribution in [1.82, 2.24) is 5.32 Å². The summed E-state index contributed by atoms with van der Waals surface area (Å²) in [5, 5.41) is 3.23. The summed E-state index contributed by atoms with van der Waals surface area (Å²) < 4.78 is 61.3. The Morgan fingerprint density at radius 3 is 2.48 bits per heavy atom. The van der Waals surface area contributed by atoms with Gasteiger partial charge in [-0.2, -0.15) is 13.2 Å². The predicted octanol–water partition coefficient (Wildman–Crippen LogP) is 2.17. The number of benzene rings is 1. The minimum absolute atomic E-state index is 0.0624. The molecule has 0 unspecified atom stereocenters. The van der Waals surface area contributed by atoms with Crippen molar-refractivity contribution < 1.29 is 21.6 Å². The molecule has 1 aliphatic rings. The number of hydrogen-bond acceptors (Lipinski definition) is 4. The zero-order valence-corrected chi connectivity index (χ0v) is 12.3. The fraction of sp³-hybridized carbons (Fsp3) is 0.538. The monoisotopic (exact) mass is 322 g/mol. The molecule has 118 valence electrons. The highest BCUT2D eigenvalue weighted by Crippen LogP contribution is 2.35. The van der Waals surface area contributed by atoms with Crippen molar-refractivity contribution in [3.05, 3.63) is 24.3 Å². The van der Waals surface area contributed by atoms with Gasteiger partial charge in [0, 0.05) is 26.2 Å². The Bertz CT molecular complexity index is 598. The number of hydrogen-bond donors (Lipinski definition) is 1. The lowest BCUT2D eigenvalue weighted by atomic mass is 10.3. The zero-order chi connectivity index (χ0) is 15.7. The van der Waals surface area contributed by atoms with Gasteiger partial charge < -0.3 is 10.2 Å². The second-order valence-corrected chi connectivity index (χ2v) is 6.98. The van der Waals surface area contributed by atoms with Crippen LogP contribution in [0, 0.1) is 0 Å². The van der Waals surface area contributed by atoms with Crippen LogP contribution in [0.15, 0.2) is 29.2 Å². The van der Waals surface area contributed by atoms with E-state index in [2.05, 4.69) is 5.32 Å². The molecule has 4 nitrogen and oxygen atoms in total. The average molecular weight is 322 g/mol. The third kappa shape index (κ3) is 3.68.